The first-order valence-electron chi connectivity index (χ1n) is 12.4. The standard InChI is InChI=1S/C29H33N5O/c1-2-14-30-17-21-12-13-23(24(16-21)20-35)18-34(19-28-32-25-9-3-4-10-26(25)33-28)27-11-5-7-22-8-6-15-31-29(22)27/h2-4,6,8-10,12-13,15-16,27,30,35H,1,5,7,11,14,17-20H2,(H,32,33). The topological polar surface area (TPSA) is 77.1 Å². The second kappa shape index (κ2) is 11.0. The van der Waals surface area contributed by atoms with Crippen molar-refractivity contribution in [2.45, 2.75) is 51.5 Å². The predicted octanol–water partition coefficient (Wildman–Crippen LogP) is 4.81. The van der Waals surface area contributed by atoms with Gasteiger partial charge >= 0.3 is 0 Å². The number of nitrogens with zero attached hydrogens (tertiary/aromatic N) is 3. The van der Waals surface area contributed by atoms with Gasteiger partial charge in [-0.25, -0.2) is 4.98 Å². The van der Waals surface area contributed by atoms with E-state index in [2.05, 4.69) is 52.1 Å². The number of rotatable bonds is 10. The molecule has 1 aliphatic carbocycles. The Kier molecular flexibility index (Phi) is 7.33. The van der Waals surface area contributed by atoms with Crippen LogP contribution in [0.15, 0.2) is 73.4 Å². The summed E-state index contributed by atoms with van der Waals surface area (Å²) in [5.41, 5.74) is 7.81. The Balaban J connectivity index is 1.46. The molecule has 180 valence electrons. The molecule has 0 saturated carbocycles. The molecular formula is C29H33N5O. The number of hydrogen-bond acceptors (Lipinski definition) is 5. The quantitative estimate of drug-likeness (QED) is 0.231. The van der Waals surface area contributed by atoms with E-state index in [9.17, 15) is 5.11 Å². The van der Waals surface area contributed by atoms with Gasteiger partial charge in [-0.3, -0.25) is 9.88 Å². The van der Waals surface area contributed by atoms with Gasteiger partial charge in [0.25, 0.3) is 0 Å². The molecule has 0 spiro atoms. The second-order valence-corrected chi connectivity index (χ2v) is 9.24. The first-order chi connectivity index (χ1) is 17.2. The highest BCUT2D eigenvalue weighted by atomic mass is 16.3. The molecule has 0 aliphatic heterocycles. The van der Waals surface area contributed by atoms with E-state index in [0.29, 0.717) is 13.1 Å². The number of para-hydroxylation sites is 2. The van der Waals surface area contributed by atoms with E-state index >= 15 is 0 Å². The lowest BCUT2D eigenvalue weighted by Gasteiger charge is -2.35. The van der Waals surface area contributed by atoms with Gasteiger partial charge in [-0.1, -0.05) is 42.5 Å². The number of aromatic amines is 1. The number of pyridine rings is 1. The van der Waals surface area contributed by atoms with Crippen LogP contribution in [0.2, 0.25) is 0 Å². The van der Waals surface area contributed by atoms with Crippen molar-refractivity contribution < 1.29 is 5.11 Å². The summed E-state index contributed by atoms with van der Waals surface area (Å²) in [6.07, 6.45) is 7.03. The Morgan fingerprint density at radius 1 is 1.11 bits per heavy atom. The highest BCUT2D eigenvalue weighted by Gasteiger charge is 2.28. The van der Waals surface area contributed by atoms with Crippen molar-refractivity contribution in [3.05, 3.63) is 107 Å². The lowest BCUT2D eigenvalue weighted by Crippen LogP contribution is -2.32. The first-order valence-corrected chi connectivity index (χ1v) is 12.4. The van der Waals surface area contributed by atoms with Crippen molar-refractivity contribution >= 4 is 11.0 Å². The fourth-order valence-corrected chi connectivity index (χ4v) is 5.12. The molecule has 1 unspecified atom stereocenters. The van der Waals surface area contributed by atoms with E-state index in [0.717, 1.165) is 65.9 Å². The minimum Gasteiger partial charge on any atom is -0.392 e. The normalized spacial score (nSPS) is 15.4. The molecule has 2 aromatic heterocycles. The Hall–Kier alpha value is -3.32. The molecule has 1 aliphatic rings. The number of imidazole rings is 1. The molecule has 0 radical (unpaired) electrons. The number of benzene rings is 2. The maximum Gasteiger partial charge on any atom is 0.121 e. The smallest absolute Gasteiger partial charge is 0.121 e. The van der Waals surface area contributed by atoms with Crippen LogP contribution in [-0.4, -0.2) is 31.5 Å². The maximum atomic E-state index is 10.2. The summed E-state index contributed by atoms with van der Waals surface area (Å²) in [5, 5.41) is 13.5. The van der Waals surface area contributed by atoms with Crippen LogP contribution in [-0.2, 0) is 32.7 Å². The number of aromatic nitrogens is 3. The van der Waals surface area contributed by atoms with Gasteiger partial charge in [0.15, 0.2) is 0 Å². The fraction of sp³-hybridized carbons (Fsp3) is 0.310. The largest absolute Gasteiger partial charge is 0.392 e. The van der Waals surface area contributed by atoms with Gasteiger partial charge in [0, 0.05) is 25.8 Å². The van der Waals surface area contributed by atoms with Gasteiger partial charge in [0.05, 0.1) is 35.9 Å². The van der Waals surface area contributed by atoms with Crippen molar-refractivity contribution in [3.63, 3.8) is 0 Å². The molecule has 3 N–H and O–H groups in total. The van der Waals surface area contributed by atoms with Crippen molar-refractivity contribution in [1.29, 1.82) is 0 Å². The fourth-order valence-electron chi connectivity index (χ4n) is 5.12. The third kappa shape index (κ3) is 5.35. The zero-order chi connectivity index (χ0) is 24.0. The van der Waals surface area contributed by atoms with Crippen molar-refractivity contribution in [2.75, 3.05) is 6.54 Å². The Bertz CT molecular complexity index is 1260. The second-order valence-electron chi connectivity index (χ2n) is 9.24. The van der Waals surface area contributed by atoms with Gasteiger partial charge in [-0.2, -0.15) is 0 Å². The molecule has 35 heavy (non-hydrogen) atoms. The number of fused-ring (bicyclic) bond motifs is 2. The van der Waals surface area contributed by atoms with E-state index in [1.54, 1.807) is 0 Å². The van der Waals surface area contributed by atoms with Gasteiger partial charge in [0.2, 0.25) is 0 Å². The summed E-state index contributed by atoms with van der Waals surface area (Å²) in [7, 11) is 0. The molecule has 5 rings (SSSR count). The number of aliphatic hydroxyl groups excluding tert-OH is 1. The molecule has 0 saturated heterocycles. The minimum atomic E-state index is 0.0165. The van der Waals surface area contributed by atoms with E-state index < -0.39 is 0 Å². The van der Waals surface area contributed by atoms with Crippen LogP contribution in [0.3, 0.4) is 0 Å². The van der Waals surface area contributed by atoms with E-state index in [1.165, 1.54) is 11.3 Å². The third-order valence-corrected chi connectivity index (χ3v) is 6.83. The summed E-state index contributed by atoms with van der Waals surface area (Å²) in [5.74, 6) is 0.949. The SMILES string of the molecule is C=CCNCc1ccc(CN(Cc2nc3ccccc3[nH]2)C2CCCc3cccnc32)c(CO)c1. The number of nitrogens with one attached hydrogen (secondary N) is 2. The maximum absolute atomic E-state index is 10.2. The minimum absolute atomic E-state index is 0.0165. The van der Waals surface area contributed by atoms with Crippen LogP contribution in [0, 0.1) is 0 Å². The molecule has 0 amide bonds. The number of H-pyrrole nitrogens is 1. The number of hydrogen-bond donors (Lipinski definition) is 3. The molecular weight excluding hydrogens is 434 g/mol. The molecule has 0 bridgehead atoms. The van der Waals surface area contributed by atoms with Crippen molar-refractivity contribution in [2.24, 2.45) is 0 Å². The molecule has 6 nitrogen and oxygen atoms in total. The monoisotopic (exact) mass is 467 g/mol. The molecule has 6 heteroatoms. The highest BCUT2D eigenvalue weighted by Crippen LogP contribution is 2.35. The van der Waals surface area contributed by atoms with Crippen molar-refractivity contribution in [3.8, 4) is 0 Å². The van der Waals surface area contributed by atoms with E-state index in [1.807, 2.05) is 36.5 Å². The number of aliphatic hydroxyl groups is 1. The first kappa shape index (κ1) is 23.4. The summed E-state index contributed by atoms with van der Waals surface area (Å²) in [4.78, 5) is 15.6. The van der Waals surface area contributed by atoms with E-state index in [4.69, 9.17) is 9.97 Å². The Labute approximate surface area is 206 Å². The lowest BCUT2D eigenvalue weighted by atomic mass is 9.90. The Morgan fingerprint density at radius 2 is 2.03 bits per heavy atom. The zero-order valence-electron chi connectivity index (χ0n) is 20.1. The summed E-state index contributed by atoms with van der Waals surface area (Å²) in [6, 6.07) is 19.0. The van der Waals surface area contributed by atoms with Crippen molar-refractivity contribution in [1.82, 2.24) is 25.2 Å². The van der Waals surface area contributed by atoms with Crippen LogP contribution in [0.4, 0.5) is 0 Å². The third-order valence-electron chi connectivity index (χ3n) is 6.83. The average Bonchev–Trinajstić information content (AvgIpc) is 3.31. The van der Waals surface area contributed by atoms with Crippen LogP contribution in [0.25, 0.3) is 11.0 Å². The molecule has 4 aromatic rings. The van der Waals surface area contributed by atoms with Gasteiger partial charge in [0.1, 0.15) is 5.82 Å². The zero-order valence-corrected chi connectivity index (χ0v) is 20.1. The van der Waals surface area contributed by atoms with Crippen LogP contribution < -0.4 is 5.32 Å². The molecule has 0 fully saturated rings. The lowest BCUT2D eigenvalue weighted by molar-refractivity contribution is 0.152. The summed E-state index contributed by atoms with van der Waals surface area (Å²) in [6.45, 7) is 6.69. The van der Waals surface area contributed by atoms with Crippen LogP contribution in [0.1, 0.15) is 52.7 Å². The van der Waals surface area contributed by atoms with Crippen LogP contribution >= 0.6 is 0 Å². The van der Waals surface area contributed by atoms with Crippen LogP contribution in [0.5, 0.6) is 0 Å². The Morgan fingerprint density at radius 3 is 2.89 bits per heavy atom. The average molecular weight is 468 g/mol. The van der Waals surface area contributed by atoms with Gasteiger partial charge in [-0.15, -0.1) is 6.58 Å². The number of aryl methyl sites for hydroxylation is 1. The van der Waals surface area contributed by atoms with Gasteiger partial charge < -0.3 is 15.4 Å². The molecule has 2 heterocycles. The molecule has 2 aromatic carbocycles. The highest BCUT2D eigenvalue weighted by molar-refractivity contribution is 5.74. The summed E-state index contributed by atoms with van der Waals surface area (Å²) >= 11 is 0. The van der Waals surface area contributed by atoms with Gasteiger partial charge in [-0.05, 0) is 59.7 Å². The van der Waals surface area contributed by atoms with E-state index in [-0.39, 0.29) is 12.6 Å². The molecule has 1 atom stereocenters. The summed E-state index contributed by atoms with van der Waals surface area (Å²) < 4.78 is 0. The predicted molar refractivity (Wildman–Crippen MR) is 140 cm³/mol.